The van der Waals surface area contributed by atoms with Gasteiger partial charge in [-0.05, 0) is 18.2 Å². The Labute approximate surface area is 154 Å². The summed E-state index contributed by atoms with van der Waals surface area (Å²) < 4.78 is 36.8. The fraction of sp³-hybridized carbons (Fsp3) is 0.111. The maximum atomic E-state index is 12.6. The van der Waals surface area contributed by atoms with Gasteiger partial charge in [0, 0.05) is 13.0 Å². The molecule has 3 rings (SSSR count). The molecular formula is C18H16N2O6S. The van der Waals surface area contributed by atoms with Crippen molar-refractivity contribution in [2.24, 2.45) is 0 Å². The number of benzene rings is 2. The van der Waals surface area contributed by atoms with Gasteiger partial charge in [0.25, 0.3) is 0 Å². The molecule has 0 atom stereocenters. The van der Waals surface area contributed by atoms with Crippen LogP contribution in [0.2, 0.25) is 0 Å². The number of amides is 1. The molecule has 0 saturated carbocycles. The number of fused-ring (bicyclic) bond motifs is 1. The number of rotatable bonds is 5. The molecule has 2 N–H and O–H groups in total. The van der Waals surface area contributed by atoms with Crippen LogP contribution in [0.3, 0.4) is 0 Å². The maximum absolute atomic E-state index is 12.6. The van der Waals surface area contributed by atoms with E-state index in [4.69, 9.17) is 9.15 Å². The molecular weight excluding hydrogens is 372 g/mol. The molecule has 1 heterocycles. The number of carbonyl (C=O) groups is 1. The van der Waals surface area contributed by atoms with E-state index in [2.05, 4.69) is 10.0 Å². The Morgan fingerprint density at radius 1 is 1.11 bits per heavy atom. The molecule has 27 heavy (non-hydrogen) atoms. The Morgan fingerprint density at radius 3 is 2.44 bits per heavy atom. The lowest BCUT2D eigenvalue weighted by Crippen LogP contribution is -2.15. The third-order valence-corrected chi connectivity index (χ3v) is 4.04. The Kier molecular flexibility index (Phi) is 4.87. The van der Waals surface area contributed by atoms with Gasteiger partial charge in [0.2, 0.25) is 21.4 Å². The molecule has 0 radical (unpaired) electrons. The molecule has 0 unspecified atom stereocenters. The monoisotopic (exact) mass is 388 g/mol. The largest absolute Gasteiger partial charge is 0.462 e. The summed E-state index contributed by atoms with van der Waals surface area (Å²) >= 11 is 0. The second kappa shape index (κ2) is 7.12. The highest BCUT2D eigenvalue weighted by molar-refractivity contribution is 7.92. The molecule has 0 saturated heterocycles. The van der Waals surface area contributed by atoms with E-state index in [9.17, 15) is 18.0 Å². The molecule has 3 aromatic rings. The van der Waals surface area contributed by atoms with Crippen molar-refractivity contribution >= 4 is 38.3 Å². The van der Waals surface area contributed by atoms with Gasteiger partial charge in [0.05, 0.1) is 17.3 Å². The molecule has 0 aliphatic rings. The van der Waals surface area contributed by atoms with E-state index in [0.717, 1.165) is 12.5 Å². The van der Waals surface area contributed by atoms with E-state index in [1.807, 2.05) is 0 Å². The number of sulfonamides is 1. The van der Waals surface area contributed by atoms with Crippen LogP contribution in [0.25, 0.3) is 11.0 Å². The van der Waals surface area contributed by atoms with Crippen molar-refractivity contribution in [1.82, 2.24) is 0 Å². The van der Waals surface area contributed by atoms with E-state index >= 15 is 0 Å². The zero-order valence-corrected chi connectivity index (χ0v) is 15.3. The van der Waals surface area contributed by atoms with Crippen molar-refractivity contribution < 1.29 is 22.4 Å². The minimum Gasteiger partial charge on any atom is -0.462 e. The zero-order valence-electron chi connectivity index (χ0n) is 14.5. The van der Waals surface area contributed by atoms with Crippen LogP contribution in [0.4, 0.5) is 11.4 Å². The summed E-state index contributed by atoms with van der Waals surface area (Å²) in [6, 6.07) is 11.4. The van der Waals surface area contributed by atoms with Crippen LogP contribution < -0.4 is 20.2 Å². The van der Waals surface area contributed by atoms with Crippen LogP contribution in [0.5, 0.6) is 11.5 Å². The quantitative estimate of drug-likeness (QED) is 0.694. The molecule has 0 fully saturated rings. The van der Waals surface area contributed by atoms with Crippen LogP contribution in [0, 0.1) is 0 Å². The first-order chi connectivity index (χ1) is 12.7. The van der Waals surface area contributed by atoms with Gasteiger partial charge < -0.3 is 14.5 Å². The molecule has 0 aliphatic heterocycles. The summed E-state index contributed by atoms with van der Waals surface area (Å²) in [5.41, 5.74) is -0.246. The first-order valence-corrected chi connectivity index (χ1v) is 9.70. The first-order valence-electron chi connectivity index (χ1n) is 7.81. The fourth-order valence-corrected chi connectivity index (χ4v) is 2.97. The van der Waals surface area contributed by atoms with Gasteiger partial charge in [-0.25, -0.2) is 8.42 Å². The summed E-state index contributed by atoms with van der Waals surface area (Å²) in [4.78, 5) is 23.8. The number of anilines is 2. The van der Waals surface area contributed by atoms with Crippen molar-refractivity contribution in [2.45, 2.75) is 6.92 Å². The van der Waals surface area contributed by atoms with Gasteiger partial charge in [-0.15, -0.1) is 0 Å². The average Bonchev–Trinajstić information content (AvgIpc) is 2.58. The Hall–Kier alpha value is -3.33. The Morgan fingerprint density at radius 2 is 1.81 bits per heavy atom. The molecule has 2 aromatic carbocycles. The van der Waals surface area contributed by atoms with Crippen molar-refractivity contribution in [3.8, 4) is 11.5 Å². The van der Waals surface area contributed by atoms with Crippen molar-refractivity contribution in [3.63, 3.8) is 0 Å². The lowest BCUT2D eigenvalue weighted by Gasteiger charge is -2.13. The summed E-state index contributed by atoms with van der Waals surface area (Å²) in [7, 11) is -3.60. The number of hydrogen-bond donors (Lipinski definition) is 2. The predicted octanol–water partition coefficient (Wildman–Crippen LogP) is 2.92. The molecule has 8 nitrogen and oxygen atoms in total. The number of para-hydroxylation sites is 1. The average molecular weight is 388 g/mol. The minimum absolute atomic E-state index is 0.0236. The van der Waals surface area contributed by atoms with Gasteiger partial charge >= 0.3 is 0 Å². The fourth-order valence-electron chi connectivity index (χ4n) is 2.41. The predicted molar refractivity (Wildman–Crippen MR) is 102 cm³/mol. The Balaban J connectivity index is 2.18. The SMILES string of the molecule is CC(=O)Nc1coc2cc(NS(C)(=O)=O)c(Oc3ccccc3)cc2c1=O. The lowest BCUT2D eigenvalue weighted by atomic mass is 10.2. The van der Waals surface area contributed by atoms with Crippen LogP contribution in [0.15, 0.2) is 57.9 Å². The van der Waals surface area contributed by atoms with Crippen LogP contribution in [-0.2, 0) is 14.8 Å². The third-order valence-electron chi connectivity index (χ3n) is 3.45. The second-order valence-electron chi connectivity index (χ2n) is 5.79. The van der Waals surface area contributed by atoms with E-state index in [1.54, 1.807) is 30.3 Å². The van der Waals surface area contributed by atoms with Gasteiger partial charge in [-0.1, -0.05) is 18.2 Å². The van der Waals surface area contributed by atoms with E-state index < -0.39 is 21.4 Å². The number of ether oxygens (including phenoxy) is 1. The summed E-state index contributed by atoms with van der Waals surface area (Å²) in [6.07, 6.45) is 2.10. The normalized spacial score (nSPS) is 11.2. The van der Waals surface area contributed by atoms with Crippen LogP contribution in [0.1, 0.15) is 6.92 Å². The number of hydrogen-bond acceptors (Lipinski definition) is 6. The van der Waals surface area contributed by atoms with Crippen molar-refractivity contribution in [3.05, 3.63) is 59.0 Å². The van der Waals surface area contributed by atoms with Gasteiger partial charge in [0.15, 0.2) is 5.75 Å². The van der Waals surface area contributed by atoms with Gasteiger partial charge in [0.1, 0.15) is 23.3 Å². The van der Waals surface area contributed by atoms with Crippen molar-refractivity contribution in [2.75, 3.05) is 16.3 Å². The van der Waals surface area contributed by atoms with Gasteiger partial charge in [-0.3, -0.25) is 14.3 Å². The maximum Gasteiger partial charge on any atom is 0.229 e. The highest BCUT2D eigenvalue weighted by atomic mass is 32.2. The highest BCUT2D eigenvalue weighted by Gasteiger charge is 2.16. The highest BCUT2D eigenvalue weighted by Crippen LogP contribution is 2.34. The topological polar surface area (TPSA) is 115 Å². The standard InChI is InChI=1S/C18H16N2O6S/c1-11(21)19-15-10-25-16-9-14(20-27(2,23)24)17(8-13(16)18(15)22)26-12-6-4-3-5-7-12/h3-10,20H,1-2H3,(H,19,21). The smallest absolute Gasteiger partial charge is 0.229 e. The summed E-state index contributed by atoms with van der Waals surface area (Å²) in [5.74, 6) is 0.153. The number of nitrogens with one attached hydrogen (secondary N) is 2. The van der Waals surface area contributed by atoms with E-state index in [1.165, 1.54) is 19.1 Å². The summed E-state index contributed by atoms with van der Waals surface area (Å²) in [6.45, 7) is 1.27. The van der Waals surface area contributed by atoms with Crippen molar-refractivity contribution in [1.29, 1.82) is 0 Å². The van der Waals surface area contributed by atoms with E-state index in [-0.39, 0.29) is 28.1 Å². The molecule has 140 valence electrons. The minimum atomic E-state index is -3.60. The zero-order chi connectivity index (χ0) is 19.6. The van der Waals surface area contributed by atoms with Gasteiger partial charge in [-0.2, -0.15) is 0 Å². The third kappa shape index (κ3) is 4.45. The second-order valence-corrected chi connectivity index (χ2v) is 7.54. The van der Waals surface area contributed by atoms with Crippen LogP contribution >= 0.6 is 0 Å². The molecule has 1 amide bonds. The molecule has 9 heteroatoms. The summed E-state index contributed by atoms with van der Waals surface area (Å²) in [5, 5.41) is 2.52. The first kappa shape index (κ1) is 18.5. The van der Waals surface area contributed by atoms with E-state index in [0.29, 0.717) is 5.75 Å². The van der Waals surface area contributed by atoms with Crippen LogP contribution in [-0.4, -0.2) is 20.6 Å². The number of carbonyl (C=O) groups excluding carboxylic acids is 1. The lowest BCUT2D eigenvalue weighted by molar-refractivity contribution is -0.114. The molecule has 0 bridgehead atoms. The molecule has 1 aromatic heterocycles. The Bertz CT molecular complexity index is 1170. The molecule has 0 spiro atoms. The molecule has 0 aliphatic carbocycles.